The molecular weight excluding hydrogens is 295 g/mol. The zero-order chi connectivity index (χ0) is 16.2. The number of carbonyl (C=O) groups is 1. The van der Waals surface area contributed by atoms with Crippen LogP contribution in [-0.2, 0) is 6.18 Å². The summed E-state index contributed by atoms with van der Waals surface area (Å²) >= 11 is 0. The van der Waals surface area contributed by atoms with Gasteiger partial charge in [0, 0.05) is 24.8 Å². The Hall–Kier alpha value is -2.41. The molecule has 0 radical (unpaired) electrons. The van der Waals surface area contributed by atoms with E-state index >= 15 is 0 Å². The molecular formula is C15H14F3N3O. The fourth-order valence-electron chi connectivity index (χ4n) is 1.84. The summed E-state index contributed by atoms with van der Waals surface area (Å²) in [6.07, 6.45) is -3.08. The Morgan fingerprint density at radius 1 is 1.23 bits per heavy atom. The topological polar surface area (TPSA) is 68.0 Å². The van der Waals surface area contributed by atoms with Crippen molar-refractivity contribution in [3.05, 3.63) is 53.7 Å². The molecule has 0 unspecified atom stereocenters. The number of nitrogens with zero attached hydrogens (tertiary/aromatic N) is 1. The summed E-state index contributed by atoms with van der Waals surface area (Å²) in [5.41, 5.74) is 5.57. The molecule has 1 aromatic heterocycles. The smallest absolute Gasteiger partial charge is 0.351 e. The highest BCUT2D eigenvalue weighted by Gasteiger charge is 2.30. The zero-order valence-electron chi connectivity index (χ0n) is 11.5. The summed E-state index contributed by atoms with van der Waals surface area (Å²) in [5.74, 6) is -0.325. The fraction of sp³-hybridized carbons (Fsp3) is 0.200. The monoisotopic (exact) mass is 309 g/mol. The van der Waals surface area contributed by atoms with E-state index in [1.54, 1.807) is 0 Å². The van der Waals surface area contributed by atoms with Gasteiger partial charge in [-0.15, -0.1) is 0 Å². The van der Waals surface area contributed by atoms with E-state index in [2.05, 4.69) is 10.3 Å². The number of aromatic nitrogens is 1. The number of nitrogens with one attached hydrogen (secondary N) is 1. The average molecular weight is 309 g/mol. The highest BCUT2D eigenvalue weighted by atomic mass is 19.4. The van der Waals surface area contributed by atoms with Crippen LogP contribution in [0.2, 0.25) is 0 Å². The lowest BCUT2D eigenvalue weighted by molar-refractivity contribution is -0.137. The number of pyridine rings is 1. The van der Waals surface area contributed by atoms with Crippen LogP contribution >= 0.6 is 0 Å². The van der Waals surface area contributed by atoms with Crippen molar-refractivity contribution in [1.82, 2.24) is 10.3 Å². The van der Waals surface area contributed by atoms with E-state index in [-0.39, 0.29) is 5.91 Å². The Balaban J connectivity index is 2.22. The molecule has 0 saturated heterocycles. The summed E-state index contributed by atoms with van der Waals surface area (Å²) in [7, 11) is 0. The van der Waals surface area contributed by atoms with Crippen molar-refractivity contribution in [1.29, 1.82) is 0 Å². The minimum atomic E-state index is -4.40. The van der Waals surface area contributed by atoms with Gasteiger partial charge in [0.1, 0.15) is 0 Å². The minimum absolute atomic E-state index is 0.321. The predicted octanol–water partition coefficient (Wildman–Crippen LogP) is 2.46. The van der Waals surface area contributed by atoms with Crippen molar-refractivity contribution in [2.24, 2.45) is 5.73 Å². The van der Waals surface area contributed by atoms with Crippen LogP contribution in [0.15, 0.2) is 42.6 Å². The van der Waals surface area contributed by atoms with E-state index in [0.29, 0.717) is 29.9 Å². The lowest BCUT2D eigenvalue weighted by atomic mass is 10.1. The number of amides is 1. The molecule has 1 heterocycles. The molecule has 0 aliphatic heterocycles. The first-order chi connectivity index (χ1) is 10.4. The molecule has 0 fully saturated rings. The number of benzene rings is 1. The van der Waals surface area contributed by atoms with Crippen molar-refractivity contribution < 1.29 is 18.0 Å². The fourth-order valence-corrected chi connectivity index (χ4v) is 1.84. The van der Waals surface area contributed by atoms with Crippen LogP contribution in [0.5, 0.6) is 0 Å². The van der Waals surface area contributed by atoms with E-state index in [9.17, 15) is 18.0 Å². The minimum Gasteiger partial charge on any atom is -0.351 e. The Labute approximate surface area is 125 Å². The van der Waals surface area contributed by atoms with Gasteiger partial charge in [-0.3, -0.25) is 9.78 Å². The maximum atomic E-state index is 12.7. The highest BCUT2D eigenvalue weighted by molar-refractivity contribution is 5.94. The lowest BCUT2D eigenvalue weighted by Gasteiger charge is -2.09. The van der Waals surface area contributed by atoms with Crippen LogP contribution in [0, 0.1) is 0 Å². The first-order valence-electron chi connectivity index (χ1n) is 6.54. The van der Waals surface area contributed by atoms with Crippen LogP contribution in [0.3, 0.4) is 0 Å². The molecule has 0 saturated carbocycles. The summed E-state index contributed by atoms with van der Waals surface area (Å²) in [5, 5.41) is 2.58. The molecule has 3 N–H and O–H groups in total. The number of hydrogen-bond donors (Lipinski definition) is 2. The molecule has 1 aromatic carbocycles. The van der Waals surface area contributed by atoms with E-state index in [4.69, 9.17) is 5.73 Å². The van der Waals surface area contributed by atoms with Gasteiger partial charge in [0.15, 0.2) is 0 Å². The van der Waals surface area contributed by atoms with Crippen molar-refractivity contribution in [3.63, 3.8) is 0 Å². The molecule has 2 rings (SSSR count). The van der Waals surface area contributed by atoms with Crippen LogP contribution in [0.1, 0.15) is 15.9 Å². The molecule has 1 amide bonds. The highest BCUT2D eigenvalue weighted by Crippen LogP contribution is 2.31. The Bertz CT molecular complexity index is 654. The SMILES string of the molecule is NCCNC(=O)c1ccc(-c2cccc(C(F)(F)F)c2)nc1. The van der Waals surface area contributed by atoms with Gasteiger partial charge in [-0.1, -0.05) is 12.1 Å². The van der Waals surface area contributed by atoms with Crippen molar-refractivity contribution >= 4 is 5.91 Å². The van der Waals surface area contributed by atoms with E-state index in [1.165, 1.54) is 30.5 Å². The molecule has 0 bridgehead atoms. The third kappa shape index (κ3) is 3.82. The molecule has 116 valence electrons. The normalized spacial score (nSPS) is 11.3. The lowest BCUT2D eigenvalue weighted by Crippen LogP contribution is -2.29. The Morgan fingerprint density at radius 2 is 2.00 bits per heavy atom. The number of nitrogens with two attached hydrogens (primary N) is 1. The van der Waals surface area contributed by atoms with Crippen LogP contribution in [0.25, 0.3) is 11.3 Å². The summed E-state index contributed by atoms with van der Waals surface area (Å²) in [6, 6.07) is 7.89. The van der Waals surface area contributed by atoms with Crippen molar-refractivity contribution in [2.75, 3.05) is 13.1 Å². The quantitative estimate of drug-likeness (QED) is 0.911. The largest absolute Gasteiger partial charge is 0.416 e. The first kappa shape index (κ1) is 16.0. The van der Waals surface area contributed by atoms with Gasteiger partial charge in [0.25, 0.3) is 5.91 Å². The van der Waals surface area contributed by atoms with Gasteiger partial charge in [-0.05, 0) is 24.3 Å². The molecule has 0 aliphatic carbocycles. The third-order valence-corrected chi connectivity index (χ3v) is 2.94. The number of rotatable bonds is 4. The van der Waals surface area contributed by atoms with Gasteiger partial charge in [-0.2, -0.15) is 13.2 Å². The van der Waals surface area contributed by atoms with E-state index < -0.39 is 11.7 Å². The zero-order valence-corrected chi connectivity index (χ0v) is 11.5. The third-order valence-electron chi connectivity index (χ3n) is 2.94. The van der Waals surface area contributed by atoms with E-state index in [0.717, 1.165) is 12.1 Å². The molecule has 7 heteroatoms. The Morgan fingerprint density at radius 3 is 2.59 bits per heavy atom. The Kier molecular flexibility index (Phi) is 4.77. The molecule has 0 spiro atoms. The molecule has 0 atom stereocenters. The number of halogens is 3. The summed E-state index contributed by atoms with van der Waals surface area (Å²) in [6.45, 7) is 0.662. The molecule has 4 nitrogen and oxygen atoms in total. The maximum Gasteiger partial charge on any atom is 0.416 e. The van der Waals surface area contributed by atoms with Crippen LogP contribution < -0.4 is 11.1 Å². The number of hydrogen-bond acceptors (Lipinski definition) is 3. The van der Waals surface area contributed by atoms with Gasteiger partial charge >= 0.3 is 6.18 Å². The summed E-state index contributed by atoms with van der Waals surface area (Å²) < 4.78 is 38.1. The average Bonchev–Trinajstić information content (AvgIpc) is 2.52. The van der Waals surface area contributed by atoms with E-state index in [1.807, 2.05) is 0 Å². The first-order valence-corrected chi connectivity index (χ1v) is 6.54. The molecule has 22 heavy (non-hydrogen) atoms. The van der Waals surface area contributed by atoms with Crippen molar-refractivity contribution in [3.8, 4) is 11.3 Å². The van der Waals surface area contributed by atoms with Crippen molar-refractivity contribution in [2.45, 2.75) is 6.18 Å². The molecule has 2 aromatic rings. The van der Waals surface area contributed by atoms with Crippen LogP contribution in [-0.4, -0.2) is 24.0 Å². The maximum absolute atomic E-state index is 12.7. The number of alkyl halides is 3. The standard InChI is InChI=1S/C15H14F3N3O/c16-15(17,18)12-3-1-2-10(8-12)13-5-4-11(9-21-13)14(22)20-7-6-19/h1-5,8-9H,6-7,19H2,(H,20,22). The van der Waals surface area contributed by atoms with Gasteiger partial charge in [0.05, 0.1) is 16.8 Å². The van der Waals surface area contributed by atoms with Gasteiger partial charge < -0.3 is 11.1 Å². The van der Waals surface area contributed by atoms with Crippen LogP contribution in [0.4, 0.5) is 13.2 Å². The van der Waals surface area contributed by atoms with Gasteiger partial charge in [0.2, 0.25) is 0 Å². The second-order valence-electron chi connectivity index (χ2n) is 4.56. The number of carbonyl (C=O) groups excluding carboxylic acids is 1. The van der Waals surface area contributed by atoms with Gasteiger partial charge in [-0.25, -0.2) is 0 Å². The summed E-state index contributed by atoms with van der Waals surface area (Å²) in [4.78, 5) is 15.7. The predicted molar refractivity (Wildman–Crippen MR) is 76.1 cm³/mol. The second-order valence-corrected chi connectivity index (χ2v) is 4.56. The molecule has 0 aliphatic rings. The second kappa shape index (κ2) is 6.57.